The molecule has 2 aromatic carbocycles. The fourth-order valence-corrected chi connectivity index (χ4v) is 6.30. The van der Waals surface area contributed by atoms with Crippen LogP contribution in [-0.2, 0) is 20.9 Å². The van der Waals surface area contributed by atoms with Crippen LogP contribution >= 0.6 is 34.8 Å². The summed E-state index contributed by atoms with van der Waals surface area (Å²) in [6.07, 6.45) is 5.02. The maximum absolute atomic E-state index is 13.5. The molecule has 3 amide bonds. The zero-order valence-corrected chi connectivity index (χ0v) is 25.1. The molecule has 10 heteroatoms. The van der Waals surface area contributed by atoms with Gasteiger partial charge in [0.1, 0.15) is 6.54 Å². The molecule has 216 valence electrons. The average molecular weight is 608 g/mol. The van der Waals surface area contributed by atoms with Gasteiger partial charge in [-0.15, -0.1) is 0 Å². The van der Waals surface area contributed by atoms with E-state index in [4.69, 9.17) is 34.8 Å². The molecule has 7 nitrogen and oxygen atoms in total. The first-order valence-corrected chi connectivity index (χ1v) is 15.1. The van der Waals surface area contributed by atoms with Crippen molar-refractivity contribution < 1.29 is 14.4 Å². The van der Waals surface area contributed by atoms with Crippen molar-refractivity contribution in [1.29, 1.82) is 0 Å². The summed E-state index contributed by atoms with van der Waals surface area (Å²) in [5.74, 6) is -1.25. The van der Waals surface area contributed by atoms with Crippen LogP contribution in [0.3, 0.4) is 0 Å². The standard InChI is InChI=1S/C30H37Cl3N4O3/c1-20-21(7-5-8-25(20)32)18-35-28(38)16-22-15-27(24-10-9-23(31)17-26(24)33)37(30(22)40)19-29(39)34-11-6-14-36-12-3-2-4-13-36/h5,7-10,17,22,27H,2-4,6,11-16,18-19H2,1H3,(H,34,39)(H,35,38). The van der Waals surface area contributed by atoms with Crippen LogP contribution in [0.5, 0.6) is 0 Å². The summed E-state index contributed by atoms with van der Waals surface area (Å²) in [6.45, 7) is 5.88. The summed E-state index contributed by atoms with van der Waals surface area (Å²) in [6, 6.07) is 10.3. The van der Waals surface area contributed by atoms with Gasteiger partial charge in [-0.25, -0.2) is 0 Å². The van der Waals surface area contributed by atoms with Crippen molar-refractivity contribution in [3.05, 3.63) is 68.2 Å². The second-order valence-corrected chi connectivity index (χ2v) is 11.9. The number of piperidine rings is 1. The Labute approximate surface area is 251 Å². The highest BCUT2D eigenvalue weighted by Gasteiger charge is 2.42. The van der Waals surface area contributed by atoms with Gasteiger partial charge in [-0.2, -0.15) is 0 Å². The Morgan fingerprint density at radius 3 is 2.50 bits per heavy atom. The molecule has 2 fully saturated rings. The van der Waals surface area contributed by atoms with Gasteiger partial charge in [-0.05, 0) is 87.1 Å². The average Bonchev–Trinajstić information content (AvgIpc) is 3.22. The second-order valence-electron chi connectivity index (χ2n) is 10.7. The minimum atomic E-state index is -0.566. The van der Waals surface area contributed by atoms with Crippen molar-refractivity contribution in [3.63, 3.8) is 0 Å². The van der Waals surface area contributed by atoms with E-state index in [2.05, 4.69) is 15.5 Å². The van der Waals surface area contributed by atoms with Crippen molar-refractivity contribution in [2.24, 2.45) is 5.92 Å². The van der Waals surface area contributed by atoms with Crippen molar-refractivity contribution in [3.8, 4) is 0 Å². The second kappa shape index (κ2) is 14.5. The minimum Gasteiger partial charge on any atom is -0.355 e. The van der Waals surface area contributed by atoms with E-state index in [1.807, 2.05) is 19.1 Å². The van der Waals surface area contributed by atoms with E-state index in [1.54, 1.807) is 29.2 Å². The molecular weight excluding hydrogens is 571 g/mol. The minimum absolute atomic E-state index is 0.0219. The molecule has 2 aliphatic heterocycles. The number of carbonyl (C=O) groups excluding carboxylic acids is 3. The Morgan fingerprint density at radius 1 is 0.975 bits per heavy atom. The molecule has 0 bridgehead atoms. The first kappa shape index (κ1) is 30.6. The number of nitrogens with one attached hydrogen (secondary N) is 2. The van der Waals surface area contributed by atoms with Crippen LogP contribution in [0.4, 0.5) is 0 Å². The molecule has 0 aromatic heterocycles. The molecule has 0 radical (unpaired) electrons. The summed E-state index contributed by atoms with van der Waals surface area (Å²) in [4.78, 5) is 43.3. The molecule has 2 atom stereocenters. The molecular formula is C30H37Cl3N4O3. The monoisotopic (exact) mass is 606 g/mol. The molecule has 0 saturated carbocycles. The third kappa shape index (κ3) is 8.12. The lowest BCUT2D eigenvalue weighted by molar-refractivity contribution is -0.138. The number of carbonyl (C=O) groups is 3. The van der Waals surface area contributed by atoms with Gasteiger partial charge in [0.05, 0.1) is 6.04 Å². The van der Waals surface area contributed by atoms with Crippen LogP contribution in [-0.4, -0.2) is 60.2 Å². The largest absolute Gasteiger partial charge is 0.355 e. The first-order valence-electron chi connectivity index (χ1n) is 14.0. The molecule has 0 spiro atoms. The van der Waals surface area contributed by atoms with Gasteiger partial charge in [0.15, 0.2) is 0 Å². The highest BCUT2D eigenvalue weighted by Crippen LogP contribution is 2.41. The van der Waals surface area contributed by atoms with E-state index in [-0.39, 0.29) is 30.7 Å². The van der Waals surface area contributed by atoms with Crippen molar-refractivity contribution in [1.82, 2.24) is 20.4 Å². The maximum atomic E-state index is 13.5. The van der Waals surface area contributed by atoms with Gasteiger partial charge in [0, 0.05) is 40.5 Å². The summed E-state index contributed by atoms with van der Waals surface area (Å²) in [5, 5.41) is 7.43. The summed E-state index contributed by atoms with van der Waals surface area (Å²) >= 11 is 18.8. The SMILES string of the molecule is Cc1c(Cl)cccc1CNC(=O)CC1CC(c2ccc(Cl)cc2Cl)N(CC(=O)NCCCN2CCCCC2)C1=O. The Hall–Kier alpha value is -2.32. The number of benzene rings is 2. The highest BCUT2D eigenvalue weighted by atomic mass is 35.5. The Bertz CT molecular complexity index is 1220. The van der Waals surface area contributed by atoms with Crippen LogP contribution in [0.2, 0.25) is 15.1 Å². The van der Waals surface area contributed by atoms with E-state index in [0.717, 1.165) is 42.7 Å². The topological polar surface area (TPSA) is 81.8 Å². The van der Waals surface area contributed by atoms with Crippen LogP contribution < -0.4 is 10.6 Å². The number of amides is 3. The lowest BCUT2D eigenvalue weighted by atomic mass is 9.96. The number of nitrogens with zero attached hydrogens (tertiary/aromatic N) is 2. The molecule has 40 heavy (non-hydrogen) atoms. The number of likely N-dealkylation sites (tertiary alicyclic amines) is 2. The number of rotatable bonds is 11. The Morgan fingerprint density at radius 2 is 1.75 bits per heavy atom. The molecule has 2 aromatic rings. The van der Waals surface area contributed by atoms with Crippen molar-refractivity contribution in [2.75, 3.05) is 32.7 Å². The summed E-state index contributed by atoms with van der Waals surface area (Å²) in [5.41, 5.74) is 2.55. The molecule has 2 saturated heterocycles. The lowest BCUT2D eigenvalue weighted by Gasteiger charge is -2.27. The van der Waals surface area contributed by atoms with Crippen LogP contribution in [0.15, 0.2) is 36.4 Å². The fourth-order valence-electron chi connectivity index (χ4n) is 5.57. The Kier molecular flexibility index (Phi) is 11.1. The molecule has 4 rings (SSSR count). The van der Waals surface area contributed by atoms with Gasteiger partial charge in [0.2, 0.25) is 17.7 Å². The lowest BCUT2D eigenvalue weighted by Crippen LogP contribution is -2.41. The van der Waals surface area contributed by atoms with E-state index in [9.17, 15) is 14.4 Å². The third-order valence-corrected chi connectivity index (χ3v) is 8.83. The smallest absolute Gasteiger partial charge is 0.239 e. The third-order valence-electron chi connectivity index (χ3n) is 7.86. The quantitative estimate of drug-likeness (QED) is 0.329. The number of hydrogen-bond acceptors (Lipinski definition) is 4. The van der Waals surface area contributed by atoms with E-state index in [0.29, 0.717) is 34.6 Å². The fraction of sp³-hybridized carbons (Fsp3) is 0.500. The van der Waals surface area contributed by atoms with Gasteiger partial charge >= 0.3 is 0 Å². The number of halogens is 3. The zero-order valence-electron chi connectivity index (χ0n) is 22.9. The number of hydrogen-bond donors (Lipinski definition) is 2. The van der Waals surface area contributed by atoms with E-state index in [1.165, 1.54) is 19.3 Å². The first-order chi connectivity index (χ1) is 19.2. The van der Waals surface area contributed by atoms with Crippen molar-refractivity contribution in [2.45, 2.75) is 58.0 Å². The molecule has 2 heterocycles. The van der Waals surface area contributed by atoms with Crippen LogP contribution in [0.25, 0.3) is 0 Å². The molecule has 2 aliphatic rings. The normalized spacial score (nSPS) is 19.6. The molecule has 2 unspecified atom stereocenters. The van der Waals surface area contributed by atoms with Crippen LogP contribution in [0.1, 0.15) is 61.3 Å². The Balaban J connectivity index is 1.37. The van der Waals surface area contributed by atoms with Gasteiger partial charge in [-0.1, -0.05) is 59.4 Å². The summed E-state index contributed by atoms with van der Waals surface area (Å²) < 4.78 is 0. The zero-order chi connectivity index (χ0) is 28.6. The van der Waals surface area contributed by atoms with Crippen molar-refractivity contribution >= 4 is 52.5 Å². The van der Waals surface area contributed by atoms with Gasteiger partial charge in [0.25, 0.3) is 0 Å². The van der Waals surface area contributed by atoms with Gasteiger partial charge in [-0.3, -0.25) is 14.4 Å². The highest BCUT2D eigenvalue weighted by molar-refractivity contribution is 6.35. The molecule has 0 aliphatic carbocycles. The van der Waals surface area contributed by atoms with E-state index >= 15 is 0 Å². The summed E-state index contributed by atoms with van der Waals surface area (Å²) in [7, 11) is 0. The van der Waals surface area contributed by atoms with Gasteiger partial charge < -0.3 is 20.4 Å². The maximum Gasteiger partial charge on any atom is 0.239 e. The predicted octanol–water partition coefficient (Wildman–Crippen LogP) is 5.54. The van der Waals surface area contributed by atoms with E-state index < -0.39 is 12.0 Å². The van der Waals surface area contributed by atoms with Crippen LogP contribution in [0, 0.1) is 12.8 Å². The molecule has 2 N–H and O–H groups in total. The predicted molar refractivity (Wildman–Crippen MR) is 160 cm³/mol.